The number of aromatic nitrogens is 3. The average molecular weight is 364 g/mol. The minimum absolute atomic E-state index is 0.149. The standard InChI is InChI=1S/C20H20N4O3/c1-13(25)21-12-18-22-19(14-4-8-16(26-2)9-5-14)20(24-23-18)15-6-10-17(27-3)11-7-15/h4-11H,12H2,1-3H3,(H,21,25). The molecule has 0 fully saturated rings. The summed E-state index contributed by atoms with van der Waals surface area (Å²) in [5.41, 5.74) is 3.07. The lowest BCUT2D eigenvalue weighted by Crippen LogP contribution is -2.21. The minimum Gasteiger partial charge on any atom is -0.497 e. The van der Waals surface area contributed by atoms with Crippen molar-refractivity contribution < 1.29 is 14.3 Å². The molecule has 0 spiro atoms. The molecule has 2 aromatic carbocycles. The fourth-order valence-electron chi connectivity index (χ4n) is 2.53. The summed E-state index contributed by atoms with van der Waals surface area (Å²) in [7, 11) is 3.24. The van der Waals surface area contributed by atoms with E-state index in [1.807, 2.05) is 48.5 Å². The molecule has 1 N–H and O–H groups in total. The predicted octanol–water partition coefficient (Wildman–Crippen LogP) is 2.86. The molecule has 0 aliphatic heterocycles. The Hall–Kier alpha value is -3.48. The van der Waals surface area contributed by atoms with E-state index in [2.05, 4.69) is 20.5 Å². The molecule has 0 aliphatic rings. The minimum atomic E-state index is -0.149. The summed E-state index contributed by atoms with van der Waals surface area (Å²) in [5.74, 6) is 1.80. The highest BCUT2D eigenvalue weighted by molar-refractivity contribution is 5.78. The number of rotatable bonds is 6. The van der Waals surface area contributed by atoms with Gasteiger partial charge in [0, 0.05) is 18.1 Å². The number of ether oxygens (including phenoxy) is 2. The van der Waals surface area contributed by atoms with Gasteiger partial charge >= 0.3 is 0 Å². The second-order valence-corrected chi connectivity index (χ2v) is 5.79. The number of carbonyl (C=O) groups is 1. The van der Waals surface area contributed by atoms with Crippen molar-refractivity contribution in [2.24, 2.45) is 0 Å². The number of hydrogen-bond acceptors (Lipinski definition) is 6. The summed E-state index contributed by atoms with van der Waals surface area (Å²) in [4.78, 5) is 15.8. The molecule has 138 valence electrons. The van der Waals surface area contributed by atoms with E-state index >= 15 is 0 Å². The summed E-state index contributed by atoms with van der Waals surface area (Å²) >= 11 is 0. The third-order valence-corrected chi connectivity index (χ3v) is 3.95. The first-order valence-electron chi connectivity index (χ1n) is 8.37. The van der Waals surface area contributed by atoms with Gasteiger partial charge in [0.2, 0.25) is 5.91 Å². The van der Waals surface area contributed by atoms with Crippen LogP contribution in [0.4, 0.5) is 0 Å². The maximum Gasteiger partial charge on any atom is 0.217 e. The number of benzene rings is 2. The van der Waals surface area contributed by atoms with E-state index < -0.39 is 0 Å². The summed E-state index contributed by atoms with van der Waals surface area (Å²) in [6.07, 6.45) is 0. The number of carbonyl (C=O) groups excluding carboxylic acids is 1. The molecule has 3 aromatic rings. The zero-order valence-electron chi connectivity index (χ0n) is 15.4. The molecular weight excluding hydrogens is 344 g/mol. The number of hydrogen-bond donors (Lipinski definition) is 1. The van der Waals surface area contributed by atoms with Gasteiger partial charge in [-0.25, -0.2) is 4.98 Å². The first-order chi connectivity index (χ1) is 13.1. The van der Waals surface area contributed by atoms with Crippen LogP contribution in [0.15, 0.2) is 48.5 Å². The lowest BCUT2D eigenvalue weighted by Gasteiger charge is -2.11. The summed E-state index contributed by atoms with van der Waals surface area (Å²) < 4.78 is 10.4. The van der Waals surface area contributed by atoms with Crippen molar-refractivity contribution in [3.63, 3.8) is 0 Å². The van der Waals surface area contributed by atoms with Gasteiger partial charge in [-0.1, -0.05) is 0 Å². The molecule has 1 heterocycles. The molecule has 3 rings (SSSR count). The van der Waals surface area contributed by atoms with Crippen LogP contribution < -0.4 is 14.8 Å². The molecule has 7 heteroatoms. The van der Waals surface area contributed by atoms with E-state index in [0.717, 1.165) is 22.6 Å². The van der Waals surface area contributed by atoms with Gasteiger partial charge in [-0.15, -0.1) is 10.2 Å². The lowest BCUT2D eigenvalue weighted by molar-refractivity contribution is -0.119. The van der Waals surface area contributed by atoms with Crippen molar-refractivity contribution in [2.75, 3.05) is 14.2 Å². The van der Waals surface area contributed by atoms with Gasteiger partial charge in [-0.3, -0.25) is 4.79 Å². The molecule has 27 heavy (non-hydrogen) atoms. The topological polar surface area (TPSA) is 86.2 Å². The monoisotopic (exact) mass is 364 g/mol. The van der Waals surface area contributed by atoms with Crippen LogP contribution in [0.1, 0.15) is 12.7 Å². The third kappa shape index (κ3) is 4.38. The Morgan fingerprint density at radius 2 is 1.37 bits per heavy atom. The fraction of sp³-hybridized carbons (Fsp3) is 0.200. The molecule has 0 bridgehead atoms. The van der Waals surface area contributed by atoms with Crippen molar-refractivity contribution >= 4 is 5.91 Å². The van der Waals surface area contributed by atoms with Crippen LogP contribution in [0.25, 0.3) is 22.5 Å². The maximum absolute atomic E-state index is 11.2. The zero-order chi connectivity index (χ0) is 19.2. The lowest BCUT2D eigenvalue weighted by atomic mass is 10.0. The van der Waals surface area contributed by atoms with Crippen LogP contribution in [-0.4, -0.2) is 35.3 Å². The number of methoxy groups -OCH3 is 2. The largest absolute Gasteiger partial charge is 0.497 e. The van der Waals surface area contributed by atoms with E-state index in [4.69, 9.17) is 9.47 Å². The molecule has 0 radical (unpaired) electrons. The van der Waals surface area contributed by atoms with E-state index in [-0.39, 0.29) is 12.5 Å². The van der Waals surface area contributed by atoms with Crippen LogP contribution in [0.5, 0.6) is 11.5 Å². The van der Waals surface area contributed by atoms with Gasteiger partial charge in [-0.2, -0.15) is 0 Å². The zero-order valence-corrected chi connectivity index (χ0v) is 15.4. The Labute approximate surface area is 157 Å². The normalized spacial score (nSPS) is 10.3. The van der Waals surface area contributed by atoms with Crippen LogP contribution in [-0.2, 0) is 11.3 Å². The first kappa shape index (κ1) is 18.3. The Morgan fingerprint density at radius 3 is 1.85 bits per heavy atom. The second-order valence-electron chi connectivity index (χ2n) is 5.79. The summed E-state index contributed by atoms with van der Waals surface area (Å²) in [6.45, 7) is 1.66. The molecule has 7 nitrogen and oxygen atoms in total. The van der Waals surface area contributed by atoms with Crippen molar-refractivity contribution in [1.82, 2.24) is 20.5 Å². The second kappa shape index (κ2) is 8.27. The molecule has 0 atom stereocenters. The van der Waals surface area contributed by atoms with E-state index in [1.165, 1.54) is 6.92 Å². The highest BCUT2D eigenvalue weighted by Crippen LogP contribution is 2.30. The van der Waals surface area contributed by atoms with E-state index in [1.54, 1.807) is 14.2 Å². The van der Waals surface area contributed by atoms with Crippen LogP contribution in [0.2, 0.25) is 0 Å². The molecule has 1 amide bonds. The van der Waals surface area contributed by atoms with E-state index in [9.17, 15) is 4.79 Å². The first-order valence-corrected chi connectivity index (χ1v) is 8.37. The predicted molar refractivity (Wildman–Crippen MR) is 101 cm³/mol. The van der Waals surface area contributed by atoms with Gasteiger partial charge in [0.1, 0.15) is 22.9 Å². The Bertz CT molecular complexity index is 925. The quantitative estimate of drug-likeness (QED) is 0.724. The fourth-order valence-corrected chi connectivity index (χ4v) is 2.53. The van der Waals surface area contributed by atoms with Gasteiger partial charge < -0.3 is 14.8 Å². The third-order valence-electron chi connectivity index (χ3n) is 3.95. The number of nitrogens with one attached hydrogen (secondary N) is 1. The smallest absolute Gasteiger partial charge is 0.217 e. The molecule has 0 saturated heterocycles. The van der Waals surface area contributed by atoms with Crippen LogP contribution in [0.3, 0.4) is 0 Å². The highest BCUT2D eigenvalue weighted by Gasteiger charge is 2.14. The van der Waals surface area contributed by atoms with Gasteiger partial charge in [0.25, 0.3) is 0 Å². The maximum atomic E-state index is 11.2. The molecular formula is C20H20N4O3. The van der Waals surface area contributed by atoms with Crippen molar-refractivity contribution in [3.05, 3.63) is 54.4 Å². The number of nitrogens with zero attached hydrogens (tertiary/aromatic N) is 3. The van der Waals surface area contributed by atoms with E-state index in [0.29, 0.717) is 17.2 Å². The van der Waals surface area contributed by atoms with Crippen LogP contribution >= 0.6 is 0 Å². The van der Waals surface area contributed by atoms with Gasteiger partial charge in [0.15, 0.2) is 5.82 Å². The Balaban J connectivity index is 2.05. The van der Waals surface area contributed by atoms with Crippen molar-refractivity contribution in [1.29, 1.82) is 0 Å². The molecule has 0 saturated carbocycles. The number of amides is 1. The highest BCUT2D eigenvalue weighted by atomic mass is 16.5. The Morgan fingerprint density at radius 1 is 0.852 bits per heavy atom. The van der Waals surface area contributed by atoms with Crippen molar-refractivity contribution in [2.45, 2.75) is 13.5 Å². The molecule has 1 aromatic heterocycles. The van der Waals surface area contributed by atoms with Gasteiger partial charge in [-0.05, 0) is 48.5 Å². The Kier molecular flexibility index (Phi) is 5.61. The molecule has 0 unspecified atom stereocenters. The SMILES string of the molecule is COc1ccc(-c2nnc(CNC(C)=O)nc2-c2ccc(OC)cc2)cc1. The summed E-state index contributed by atoms with van der Waals surface area (Å²) in [6, 6.07) is 15.1. The summed E-state index contributed by atoms with van der Waals surface area (Å²) in [5, 5.41) is 11.2. The van der Waals surface area contributed by atoms with Crippen molar-refractivity contribution in [3.8, 4) is 34.0 Å². The van der Waals surface area contributed by atoms with Crippen LogP contribution in [0, 0.1) is 0 Å². The van der Waals surface area contributed by atoms with Gasteiger partial charge in [0.05, 0.1) is 20.8 Å². The molecule has 0 aliphatic carbocycles. The average Bonchev–Trinajstić information content (AvgIpc) is 2.72.